The largest absolute Gasteiger partial charge is 0.353 e. The molecule has 0 radical (unpaired) electrons. The van der Waals surface area contributed by atoms with E-state index in [-0.39, 0.29) is 30.9 Å². The molecule has 0 saturated heterocycles. The first-order valence-corrected chi connectivity index (χ1v) is 6.94. The molecule has 0 bridgehead atoms. The van der Waals surface area contributed by atoms with Crippen LogP contribution in [0.15, 0.2) is 24.3 Å². The summed E-state index contributed by atoms with van der Waals surface area (Å²) in [7, 11) is 1.84. The van der Waals surface area contributed by atoms with Crippen molar-refractivity contribution in [2.24, 2.45) is 0 Å². The zero-order chi connectivity index (χ0) is 15.2. The molecule has 1 aromatic carbocycles. The van der Waals surface area contributed by atoms with E-state index in [2.05, 4.69) is 26.0 Å². The highest BCUT2D eigenvalue weighted by atomic mass is 35.5. The second-order valence-electron chi connectivity index (χ2n) is 4.64. The maximum absolute atomic E-state index is 11.7. The van der Waals surface area contributed by atoms with Gasteiger partial charge in [0, 0.05) is 23.2 Å². The molecule has 22 heavy (non-hydrogen) atoms. The minimum Gasteiger partial charge on any atom is -0.353 e. The highest BCUT2D eigenvalue weighted by Gasteiger charge is 2.09. The van der Waals surface area contributed by atoms with Gasteiger partial charge >= 0.3 is 0 Å². The Morgan fingerprint density at radius 3 is 2.68 bits per heavy atom. The summed E-state index contributed by atoms with van der Waals surface area (Å²) in [5.41, 5.74) is 0.801. The maximum atomic E-state index is 11.7. The molecule has 2 aromatic rings. The molecule has 2 N–H and O–H groups in total. The van der Waals surface area contributed by atoms with Gasteiger partial charge in [-0.1, -0.05) is 11.6 Å². The van der Waals surface area contributed by atoms with Gasteiger partial charge in [0.05, 0.1) is 0 Å². The lowest BCUT2D eigenvalue weighted by Gasteiger charge is -2.10. The standard InChI is InChI=1S/C13H17ClN6O.ClH/c1-9(15-2)7-16-12(21)8-20-18-13(17-19-20)10-3-5-11(14)6-4-10;/h3-6,9,15H,7-8H2,1-2H3,(H,16,21);1H. The van der Waals surface area contributed by atoms with E-state index < -0.39 is 0 Å². The first-order valence-electron chi connectivity index (χ1n) is 6.56. The smallest absolute Gasteiger partial charge is 0.243 e. The van der Waals surface area contributed by atoms with Gasteiger partial charge in [-0.05, 0) is 43.5 Å². The quantitative estimate of drug-likeness (QED) is 0.820. The summed E-state index contributed by atoms with van der Waals surface area (Å²) in [5, 5.41) is 18.4. The van der Waals surface area contributed by atoms with Gasteiger partial charge in [0.25, 0.3) is 0 Å². The van der Waals surface area contributed by atoms with Crippen LogP contribution in [-0.2, 0) is 11.3 Å². The zero-order valence-electron chi connectivity index (χ0n) is 12.3. The van der Waals surface area contributed by atoms with Crippen molar-refractivity contribution in [1.82, 2.24) is 30.8 Å². The molecule has 1 unspecified atom stereocenters. The van der Waals surface area contributed by atoms with E-state index in [4.69, 9.17) is 11.6 Å². The first kappa shape index (κ1) is 18.3. The molecule has 0 aliphatic rings. The Labute approximate surface area is 139 Å². The zero-order valence-corrected chi connectivity index (χ0v) is 13.9. The monoisotopic (exact) mass is 344 g/mol. The average molecular weight is 345 g/mol. The first-order chi connectivity index (χ1) is 10.1. The SMILES string of the molecule is CNC(C)CNC(=O)Cn1nnc(-c2ccc(Cl)cc2)n1.Cl. The third-order valence-corrected chi connectivity index (χ3v) is 3.19. The van der Waals surface area contributed by atoms with Crippen LogP contribution in [0.1, 0.15) is 6.92 Å². The number of benzene rings is 1. The molecule has 0 saturated carbocycles. The minimum absolute atomic E-state index is 0. The fraction of sp³-hybridized carbons (Fsp3) is 0.385. The third kappa shape index (κ3) is 5.25. The molecule has 1 aromatic heterocycles. The summed E-state index contributed by atoms with van der Waals surface area (Å²) >= 11 is 5.83. The van der Waals surface area contributed by atoms with Crippen molar-refractivity contribution in [3.8, 4) is 11.4 Å². The van der Waals surface area contributed by atoms with E-state index in [1.165, 1.54) is 4.80 Å². The summed E-state index contributed by atoms with van der Waals surface area (Å²) < 4.78 is 0. The average Bonchev–Trinajstić information content (AvgIpc) is 2.94. The van der Waals surface area contributed by atoms with Crippen LogP contribution in [-0.4, -0.2) is 45.7 Å². The number of carbonyl (C=O) groups excluding carboxylic acids is 1. The number of rotatable bonds is 6. The molecule has 1 amide bonds. The Balaban J connectivity index is 0.00000242. The van der Waals surface area contributed by atoms with E-state index >= 15 is 0 Å². The highest BCUT2D eigenvalue weighted by Crippen LogP contribution is 2.16. The topological polar surface area (TPSA) is 84.7 Å². The second-order valence-corrected chi connectivity index (χ2v) is 5.08. The molecule has 1 heterocycles. The Hall–Kier alpha value is -1.70. The summed E-state index contributed by atoms with van der Waals surface area (Å²) in [6.45, 7) is 2.57. The van der Waals surface area contributed by atoms with Crippen LogP contribution in [0.2, 0.25) is 5.02 Å². The summed E-state index contributed by atoms with van der Waals surface area (Å²) in [6.07, 6.45) is 0. The van der Waals surface area contributed by atoms with E-state index in [0.717, 1.165) is 5.56 Å². The van der Waals surface area contributed by atoms with Crippen LogP contribution in [0.5, 0.6) is 0 Å². The fourth-order valence-electron chi connectivity index (χ4n) is 1.58. The molecule has 0 aliphatic carbocycles. The molecule has 7 nitrogen and oxygen atoms in total. The lowest BCUT2D eigenvalue weighted by atomic mass is 10.2. The molecular formula is C13H18Cl2N6O. The predicted molar refractivity (Wildman–Crippen MR) is 87.0 cm³/mol. The van der Waals surface area contributed by atoms with Gasteiger partial charge in [0.1, 0.15) is 6.54 Å². The number of hydrogen-bond donors (Lipinski definition) is 2. The van der Waals surface area contributed by atoms with Crippen molar-refractivity contribution in [2.45, 2.75) is 19.5 Å². The number of hydrogen-bond acceptors (Lipinski definition) is 5. The molecule has 120 valence electrons. The molecular weight excluding hydrogens is 327 g/mol. The molecule has 0 aliphatic heterocycles. The Kier molecular flexibility index (Phi) is 7.23. The predicted octanol–water partition coefficient (Wildman–Crippen LogP) is 1.14. The van der Waals surface area contributed by atoms with E-state index in [1.54, 1.807) is 24.3 Å². The van der Waals surface area contributed by atoms with Crippen molar-refractivity contribution < 1.29 is 4.79 Å². The Bertz CT molecular complexity index is 601. The molecule has 0 spiro atoms. The number of nitrogens with one attached hydrogen (secondary N) is 2. The van der Waals surface area contributed by atoms with Crippen LogP contribution in [0.25, 0.3) is 11.4 Å². The number of tetrazole rings is 1. The van der Waals surface area contributed by atoms with E-state index in [0.29, 0.717) is 17.4 Å². The summed E-state index contributed by atoms with van der Waals surface area (Å²) in [4.78, 5) is 13.0. The van der Waals surface area contributed by atoms with Crippen molar-refractivity contribution in [3.05, 3.63) is 29.3 Å². The molecule has 1 atom stereocenters. The summed E-state index contributed by atoms with van der Waals surface area (Å²) in [5.74, 6) is 0.306. The Morgan fingerprint density at radius 2 is 2.05 bits per heavy atom. The maximum Gasteiger partial charge on any atom is 0.243 e. The van der Waals surface area contributed by atoms with Gasteiger partial charge in [0.15, 0.2) is 0 Å². The lowest BCUT2D eigenvalue weighted by molar-refractivity contribution is -0.122. The minimum atomic E-state index is -0.155. The van der Waals surface area contributed by atoms with Crippen molar-refractivity contribution in [1.29, 1.82) is 0 Å². The van der Waals surface area contributed by atoms with Crippen LogP contribution in [0.4, 0.5) is 0 Å². The van der Waals surface area contributed by atoms with Gasteiger partial charge in [0.2, 0.25) is 11.7 Å². The number of likely N-dealkylation sites (N-methyl/N-ethyl adjacent to an activating group) is 1. The van der Waals surface area contributed by atoms with E-state index in [9.17, 15) is 4.79 Å². The van der Waals surface area contributed by atoms with E-state index in [1.807, 2.05) is 14.0 Å². The molecule has 9 heteroatoms. The Morgan fingerprint density at radius 1 is 1.36 bits per heavy atom. The van der Waals surface area contributed by atoms with Gasteiger partial charge in [-0.3, -0.25) is 4.79 Å². The molecule has 2 rings (SSSR count). The van der Waals surface area contributed by atoms with Gasteiger partial charge in [-0.25, -0.2) is 0 Å². The van der Waals surface area contributed by atoms with Gasteiger partial charge < -0.3 is 10.6 Å². The number of nitrogens with zero attached hydrogens (tertiary/aromatic N) is 4. The van der Waals surface area contributed by atoms with Gasteiger partial charge in [-0.2, -0.15) is 4.80 Å². The van der Waals surface area contributed by atoms with Crippen LogP contribution >= 0.6 is 24.0 Å². The van der Waals surface area contributed by atoms with Crippen molar-refractivity contribution in [3.63, 3.8) is 0 Å². The van der Waals surface area contributed by atoms with Crippen LogP contribution in [0, 0.1) is 0 Å². The molecule has 0 fully saturated rings. The normalized spacial score (nSPS) is 11.6. The van der Waals surface area contributed by atoms with Crippen molar-refractivity contribution >= 4 is 29.9 Å². The van der Waals surface area contributed by atoms with Crippen LogP contribution < -0.4 is 10.6 Å². The van der Waals surface area contributed by atoms with Gasteiger partial charge in [-0.15, -0.1) is 22.6 Å². The van der Waals surface area contributed by atoms with Crippen LogP contribution in [0.3, 0.4) is 0 Å². The number of amides is 1. The number of carbonyl (C=O) groups is 1. The number of halogens is 2. The number of aromatic nitrogens is 4. The lowest BCUT2D eigenvalue weighted by Crippen LogP contribution is -2.38. The van der Waals surface area contributed by atoms with Crippen molar-refractivity contribution in [2.75, 3.05) is 13.6 Å². The summed E-state index contributed by atoms with van der Waals surface area (Å²) in [6, 6.07) is 7.33. The second kappa shape index (κ2) is 8.67. The fourth-order valence-corrected chi connectivity index (χ4v) is 1.70. The highest BCUT2D eigenvalue weighted by molar-refractivity contribution is 6.30. The third-order valence-electron chi connectivity index (χ3n) is 2.94.